The van der Waals surface area contributed by atoms with Crippen molar-refractivity contribution >= 4 is 11.8 Å². The van der Waals surface area contributed by atoms with Crippen molar-refractivity contribution in [2.45, 2.75) is 6.42 Å². The monoisotopic (exact) mass is 257 g/mol. The quantitative estimate of drug-likeness (QED) is 0.596. The molecule has 0 bridgehead atoms. The Morgan fingerprint density at radius 3 is 2.63 bits per heavy atom. The number of carbonyl (C=O) groups is 2. The smallest absolute Gasteiger partial charge is 0.374 e. The molecule has 2 rings (SSSR count). The highest BCUT2D eigenvalue weighted by Crippen LogP contribution is 2.12. The summed E-state index contributed by atoms with van der Waals surface area (Å²) in [5, 5.41) is 0. The van der Waals surface area contributed by atoms with E-state index in [4.69, 9.17) is 0 Å². The molecule has 0 radical (unpaired) electrons. The van der Waals surface area contributed by atoms with Crippen molar-refractivity contribution in [1.82, 2.24) is 15.0 Å². The lowest BCUT2D eigenvalue weighted by atomic mass is 10.2. The molecule has 2 heterocycles. The predicted molar refractivity (Wildman–Crippen MR) is 66.0 cm³/mol. The first-order valence-corrected chi connectivity index (χ1v) is 5.55. The lowest BCUT2D eigenvalue weighted by Gasteiger charge is -2.02. The summed E-state index contributed by atoms with van der Waals surface area (Å²) < 4.78 is 4.34. The number of methoxy groups -OCH3 is 1. The fourth-order valence-electron chi connectivity index (χ4n) is 1.47. The Bertz CT molecular complexity index is 599. The van der Waals surface area contributed by atoms with Crippen molar-refractivity contribution in [3.05, 3.63) is 42.5 Å². The number of pyridine rings is 1. The van der Waals surface area contributed by atoms with Crippen LogP contribution in [0.25, 0.3) is 11.4 Å². The van der Waals surface area contributed by atoms with Gasteiger partial charge in [-0.15, -0.1) is 0 Å². The van der Waals surface area contributed by atoms with Crippen LogP contribution in [0.1, 0.15) is 5.82 Å². The van der Waals surface area contributed by atoms with Crippen LogP contribution < -0.4 is 0 Å². The van der Waals surface area contributed by atoms with Crippen LogP contribution in [0.3, 0.4) is 0 Å². The summed E-state index contributed by atoms with van der Waals surface area (Å²) in [5.41, 5.74) is 1.28. The van der Waals surface area contributed by atoms with Gasteiger partial charge in [0.2, 0.25) is 5.78 Å². The van der Waals surface area contributed by atoms with Gasteiger partial charge in [0.25, 0.3) is 0 Å². The van der Waals surface area contributed by atoms with Crippen molar-refractivity contribution in [2.75, 3.05) is 7.11 Å². The highest BCUT2D eigenvalue weighted by atomic mass is 16.5. The van der Waals surface area contributed by atoms with Crippen molar-refractivity contribution < 1.29 is 14.3 Å². The molecule has 0 spiro atoms. The molecule has 0 atom stereocenters. The summed E-state index contributed by atoms with van der Waals surface area (Å²) in [7, 11) is 1.16. The number of carbonyl (C=O) groups excluding carboxylic acids is 2. The normalized spacial score (nSPS) is 9.95. The van der Waals surface area contributed by atoms with E-state index in [1.165, 1.54) is 6.20 Å². The lowest BCUT2D eigenvalue weighted by molar-refractivity contribution is -0.151. The molecule has 0 saturated heterocycles. The van der Waals surface area contributed by atoms with Crippen LogP contribution >= 0.6 is 0 Å². The molecule has 96 valence electrons. The van der Waals surface area contributed by atoms with E-state index >= 15 is 0 Å². The third-order valence-electron chi connectivity index (χ3n) is 2.36. The predicted octanol–water partition coefficient (Wildman–Crippen LogP) is 0.823. The minimum absolute atomic E-state index is 0.187. The van der Waals surface area contributed by atoms with Crippen LogP contribution in [-0.2, 0) is 20.7 Å². The largest absolute Gasteiger partial charge is 0.463 e. The highest BCUT2D eigenvalue weighted by molar-refractivity contribution is 6.33. The molecule has 6 heteroatoms. The van der Waals surface area contributed by atoms with E-state index in [-0.39, 0.29) is 12.2 Å². The van der Waals surface area contributed by atoms with E-state index in [2.05, 4.69) is 19.7 Å². The van der Waals surface area contributed by atoms with Crippen LogP contribution in [0.5, 0.6) is 0 Å². The van der Waals surface area contributed by atoms with E-state index in [9.17, 15) is 9.59 Å². The fraction of sp³-hybridized carbons (Fsp3) is 0.154. The number of Topliss-reactive ketones (excluding diaryl/α,β-unsaturated/α-hetero) is 1. The standard InChI is InChI=1S/C13H11N3O3/c1-19-13(18)11(17)8-12-15-7-5-10(16-12)9-4-2-3-6-14-9/h2-7H,8H2,1H3. The van der Waals surface area contributed by atoms with Gasteiger partial charge in [0.1, 0.15) is 5.82 Å². The molecule has 6 nitrogen and oxygen atoms in total. The summed E-state index contributed by atoms with van der Waals surface area (Å²) >= 11 is 0. The Balaban J connectivity index is 2.21. The SMILES string of the molecule is COC(=O)C(=O)Cc1nccc(-c2ccccn2)n1. The van der Waals surface area contributed by atoms with Crippen LogP contribution in [0.15, 0.2) is 36.7 Å². The number of rotatable bonds is 4. The molecule has 2 aromatic heterocycles. The number of ketones is 1. The second-order valence-corrected chi connectivity index (χ2v) is 3.66. The number of hydrogen-bond acceptors (Lipinski definition) is 6. The molecular weight excluding hydrogens is 246 g/mol. The molecule has 0 fully saturated rings. The molecule has 0 saturated carbocycles. The van der Waals surface area contributed by atoms with Gasteiger partial charge in [-0.25, -0.2) is 14.8 Å². The summed E-state index contributed by atoms with van der Waals surface area (Å²) in [6.45, 7) is 0. The minimum atomic E-state index is -0.896. The molecule has 0 amide bonds. The average Bonchev–Trinajstić information content (AvgIpc) is 2.47. The number of aromatic nitrogens is 3. The molecule has 0 aliphatic rings. The Hall–Kier alpha value is -2.63. The molecule has 0 aromatic carbocycles. The van der Waals surface area contributed by atoms with Gasteiger partial charge in [-0.1, -0.05) is 6.07 Å². The fourth-order valence-corrected chi connectivity index (χ4v) is 1.47. The number of nitrogens with zero attached hydrogens (tertiary/aromatic N) is 3. The maximum atomic E-state index is 11.4. The van der Waals surface area contributed by atoms with Gasteiger partial charge >= 0.3 is 5.97 Å². The second kappa shape index (κ2) is 5.81. The summed E-state index contributed by atoms with van der Waals surface area (Å²) in [6.07, 6.45) is 2.99. The number of ether oxygens (including phenoxy) is 1. The number of esters is 1. The van der Waals surface area contributed by atoms with Crippen molar-refractivity contribution in [2.24, 2.45) is 0 Å². The van der Waals surface area contributed by atoms with Gasteiger partial charge in [-0.3, -0.25) is 9.78 Å². The molecule has 19 heavy (non-hydrogen) atoms. The maximum Gasteiger partial charge on any atom is 0.374 e. The zero-order valence-electron chi connectivity index (χ0n) is 10.2. The molecule has 0 aliphatic carbocycles. The zero-order chi connectivity index (χ0) is 13.7. The van der Waals surface area contributed by atoms with Gasteiger partial charge in [-0.05, 0) is 18.2 Å². The van der Waals surface area contributed by atoms with E-state index in [0.717, 1.165) is 7.11 Å². The van der Waals surface area contributed by atoms with Crippen molar-refractivity contribution in [1.29, 1.82) is 0 Å². The Labute approximate surface area is 109 Å². The van der Waals surface area contributed by atoms with E-state index in [0.29, 0.717) is 11.4 Å². The van der Waals surface area contributed by atoms with Crippen LogP contribution in [0, 0.1) is 0 Å². The number of hydrogen-bond donors (Lipinski definition) is 0. The summed E-state index contributed by atoms with van der Waals surface area (Å²) in [4.78, 5) is 34.8. The maximum absolute atomic E-state index is 11.4. The van der Waals surface area contributed by atoms with Crippen LogP contribution in [0.2, 0.25) is 0 Å². The van der Waals surface area contributed by atoms with Gasteiger partial charge < -0.3 is 4.74 Å². The Morgan fingerprint density at radius 2 is 1.95 bits per heavy atom. The highest BCUT2D eigenvalue weighted by Gasteiger charge is 2.16. The molecule has 0 unspecified atom stereocenters. The third kappa shape index (κ3) is 3.19. The third-order valence-corrected chi connectivity index (χ3v) is 2.36. The minimum Gasteiger partial charge on any atom is -0.463 e. The molecule has 0 aliphatic heterocycles. The van der Waals surface area contributed by atoms with Gasteiger partial charge in [0.15, 0.2) is 0 Å². The first-order valence-electron chi connectivity index (χ1n) is 5.55. The molecular formula is C13H11N3O3. The second-order valence-electron chi connectivity index (χ2n) is 3.66. The van der Waals surface area contributed by atoms with Gasteiger partial charge in [0, 0.05) is 12.4 Å². The van der Waals surface area contributed by atoms with Gasteiger partial charge in [-0.2, -0.15) is 0 Å². The average molecular weight is 257 g/mol. The first-order chi connectivity index (χ1) is 9.20. The summed E-state index contributed by atoms with van der Waals surface area (Å²) in [6, 6.07) is 7.12. The zero-order valence-corrected chi connectivity index (χ0v) is 10.2. The topological polar surface area (TPSA) is 82.0 Å². The lowest BCUT2D eigenvalue weighted by Crippen LogP contribution is -2.19. The first kappa shape index (κ1) is 12.8. The van der Waals surface area contributed by atoms with Crippen LogP contribution in [-0.4, -0.2) is 33.8 Å². The Kier molecular flexibility index (Phi) is 3.92. The Morgan fingerprint density at radius 1 is 1.11 bits per heavy atom. The van der Waals surface area contributed by atoms with Gasteiger partial charge in [0.05, 0.1) is 24.9 Å². The summed E-state index contributed by atoms with van der Waals surface area (Å²) in [5.74, 6) is -1.31. The van der Waals surface area contributed by atoms with E-state index < -0.39 is 11.8 Å². The van der Waals surface area contributed by atoms with Crippen molar-refractivity contribution in [3.63, 3.8) is 0 Å². The van der Waals surface area contributed by atoms with Crippen LogP contribution in [0.4, 0.5) is 0 Å². The van der Waals surface area contributed by atoms with E-state index in [1.54, 1.807) is 24.4 Å². The molecule has 0 N–H and O–H groups in total. The molecule has 2 aromatic rings. The van der Waals surface area contributed by atoms with E-state index in [1.807, 2.05) is 6.07 Å². The van der Waals surface area contributed by atoms with Crippen molar-refractivity contribution in [3.8, 4) is 11.4 Å².